The number of rotatable bonds is 6. The Bertz CT molecular complexity index is 502. The highest BCUT2D eigenvalue weighted by molar-refractivity contribution is 7.99. The second kappa shape index (κ2) is 8.44. The van der Waals surface area contributed by atoms with Gasteiger partial charge in [-0.05, 0) is 24.1 Å². The number of ether oxygens (including phenoxy) is 1. The standard InChI is InChI=1S/C15H19F3N2O2S/c16-15(17,18)22-13-3-1-11(2-4-13)5-6-20-14(21)9-12-10-23-8-7-19-12/h1-4,12,19H,5-10H2,(H,20,21). The second-order valence-electron chi connectivity index (χ2n) is 5.22. The maximum atomic E-state index is 12.0. The predicted molar refractivity (Wildman–Crippen MR) is 83.6 cm³/mol. The van der Waals surface area contributed by atoms with E-state index in [2.05, 4.69) is 15.4 Å². The minimum Gasteiger partial charge on any atom is -0.406 e. The molecule has 0 aliphatic carbocycles. The van der Waals surface area contributed by atoms with E-state index in [0.717, 1.165) is 23.6 Å². The van der Waals surface area contributed by atoms with Crippen molar-refractivity contribution in [1.29, 1.82) is 0 Å². The third-order valence-corrected chi connectivity index (χ3v) is 4.45. The van der Waals surface area contributed by atoms with E-state index < -0.39 is 6.36 Å². The van der Waals surface area contributed by atoms with Crippen LogP contribution in [0.5, 0.6) is 5.75 Å². The molecule has 0 aromatic heterocycles. The van der Waals surface area contributed by atoms with E-state index in [-0.39, 0.29) is 17.7 Å². The van der Waals surface area contributed by atoms with E-state index in [4.69, 9.17) is 0 Å². The van der Waals surface area contributed by atoms with E-state index in [1.54, 1.807) is 12.1 Å². The van der Waals surface area contributed by atoms with Crippen LogP contribution in [-0.4, -0.2) is 42.9 Å². The van der Waals surface area contributed by atoms with Gasteiger partial charge in [-0.2, -0.15) is 11.8 Å². The van der Waals surface area contributed by atoms with Crippen LogP contribution in [0.2, 0.25) is 0 Å². The van der Waals surface area contributed by atoms with Crippen LogP contribution in [0.3, 0.4) is 0 Å². The number of thioether (sulfide) groups is 1. The number of hydrogen-bond donors (Lipinski definition) is 2. The van der Waals surface area contributed by atoms with Crippen molar-refractivity contribution in [3.05, 3.63) is 29.8 Å². The average molecular weight is 348 g/mol. The molecule has 23 heavy (non-hydrogen) atoms. The van der Waals surface area contributed by atoms with Crippen LogP contribution in [0.15, 0.2) is 24.3 Å². The molecule has 1 aliphatic rings. The van der Waals surface area contributed by atoms with Crippen molar-refractivity contribution in [2.24, 2.45) is 0 Å². The van der Waals surface area contributed by atoms with Gasteiger partial charge in [0.2, 0.25) is 5.91 Å². The molecule has 1 heterocycles. The van der Waals surface area contributed by atoms with Gasteiger partial charge in [0.15, 0.2) is 0 Å². The monoisotopic (exact) mass is 348 g/mol. The average Bonchev–Trinajstić information content (AvgIpc) is 2.48. The summed E-state index contributed by atoms with van der Waals surface area (Å²) in [5.41, 5.74) is 0.839. The molecule has 1 unspecified atom stereocenters. The molecule has 128 valence electrons. The Balaban J connectivity index is 1.68. The highest BCUT2D eigenvalue weighted by Crippen LogP contribution is 2.22. The van der Waals surface area contributed by atoms with Crippen LogP contribution in [0.4, 0.5) is 13.2 Å². The van der Waals surface area contributed by atoms with Gasteiger partial charge < -0.3 is 15.4 Å². The lowest BCUT2D eigenvalue weighted by atomic mass is 10.1. The molecule has 1 fully saturated rings. The van der Waals surface area contributed by atoms with Gasteiger partial charge in [-0.1, -0.05) is 12.1 Å². The molecule has 0 radical (unpaired) electrons. The molecule has 1 saturated heterocycles. The largest absolute Gasteiger partial charge is 0.573 e. The van der Waals surface area contributed by atoms with E-state index in [9.17, 15) is 18.0 Å². The first-order valence-corrected chi connectivity index (χ1v) is 8.50. The van der Waals surface area contributed by atoms with Crippen LogP contribution < -0.4 is 15.4 Å². The van der Waals surface area contributed by atoms with E-state index in [1.807, 2.05) is 11.8 Å². The summed E-state index contributed by atoms with van der Waals surface area (Å²) >= 11 is 1.84. The quantitative estimate of drug-likeness (QED) is 0.829. The molecule has 0 bridgehead atoms. The molecule has 2 N–H and O–H groups in total. The first kappa shape index (κ1) is 17.9. The summed E-state index contributed by atoms with van der Waals surface area (Å²) in [4.78, 5) is 11.8. The van der Waals surface area contributed by atoms with Crippen LogP contribution in [0, 0.1) is 0 Å². The molecule has 1 aliphatic heterocycles. The number of carbonyl (C=O) groups excluding carboxylic acids is 1. The minimum absolute atomic E-state index is 0.0120. The normalized spacial score (nSPS) is 18.5. The number of carbonyl (C=O) groups is 1. The fourth-order valence-electron chi connectivity index (χ4n) is 2.25. The first-order valence-electron chi connectivity index (χ1n) is 7.35. The zero-order valence-corrected chi connectivity index (χ0v) is 13.3. The number of hydrogen-bond acceptors (Lipinski definition) is 4. The van der Waals surface area contributed by atoms with Gasteiger partial charge in [0.1, 0.15) is 5.75 Å². The van der Waals surface area contributed by atoms with Crippen LogP contribution >= 0.6 is 11.8 Å². The fourth-order valence-corrected chi connectivity index (χ4v) is 3.20. The molecular formula is C15H19F3N2O2S. The summed E-state index contributed by atoms with van der Waals surface area (Å²) in [6, 6.07) is 5.88. The summed E-state index contributed by atoms with van der Waals surface area (Å²) in [5.74, 6) is 1.76. The predicted octanol–water partition coefficient (Wildman–Crippen LogP) is 2.34. The van der Waals surface area contributed by atoms with E-state index in [0.29, 0.717) is 19.4 Å². The number of nitrogens with one attached hydrogen (secondary N) is 2. The van der Waals surface area contributed by atoms with Crippen molar-refractivity contribution < 1.29 is 22.7 Å². The Morgan fingerprint density at radius 1 is 1.35 bits per heavy atom. The van der Waals surface area contributed by atoms with Crippen LogP contribution in [0.1, 0.15) is 12.0 Å². The topological polar surface area (TPSA) is 50.4 Å². The molecule has 1 amide bonds. The van der Waals surface area contributed by atoms with Crippen molar-refractivity contribution in [1.82, 2.24) is 10.6 Å². The summed E-state index contributed by atoms with van der Waals surface area (Å²) in [7, 11) is 0. The third kappa shape index (κ3) is 7.13. The van der Waals surface area contributed by atoms with Crippen LogP contribution in [0.25, 0.3) is 0 Å². The van der Waals surface area contributed by atoms with Gasteiger partial charge in [0.25, 0.3) is 0 Å². The summed E-state index contributed by atoms with van der Waals surface area (Å²) in [5, 5.41) is 6.13. The van der Waals surface area contributed by atoms with Gasteiger partial charge in [0, 0.05) is 37.1 Å². The summed E-state index contributed by atoms with van der Waals surface area (Å²) < 4.78 is 40.0. The number of benzene rings is 1. The fraction of sp³-hybridized carbons (Fsp3) is 0.533. The third-order valence-electron chi connectivity index (χ3n) is 3.32. The van der Waals surface area contributed by atoms with Crippen LogP contribution in [-0.2, 0) is 11.2 Å². The highest BCUT2D eigenvalue weighted by Gasteiger charge is 2.30. The van der Waals surface area contributed by atoms with Gasteiger partial charge in [-0.25, -0.2) is 0 Å². The first-order chi connectivity index (χ1) is 10.9. The molecule has 1 atom stereocenters. The SMILES string of the molecule is O=C(CC1CSCCN1)NCCc1ccc(OC(F)(F)F)cc1. The van der Waals surface area contributed by atoms with Gasteiger partial charge in [-0.15, -0.1) is 13.2 Å². The molecule has 2 rings (SSSR count). The zero-order valence-electron chi connectivity index (χ0n) is 12.5. The summed E-state index contributed by atoms with van der Waals surface area (Å²) in [6.07, 6.45) is -3.67. The van der Waals surface area contributed by atoms with E-state index in [1.165, 1.54) is 12.1 Å². The van der Waals surface area contributed by atoms with Crippen molar-refractivity contribution in [3.8, 4) is 5.75 Å². The van der Waals surface area contributed by atoms with Gasteiger partial charge in [-0.3, -0.25) is 4.79 Å². The van der Waals surface area contributed by atoms with Crippen molar-refractivity contribution in [3.63, 3.8) is 0 Å². The molecule has 0 saturated carbocycles. The Labute approximate surface area is 137 Å². The number of amides is 1. The molecular weight excluding hydrogens is 329 g/mol. The lowest BCUT2D eigenvalue weighted by Crippen LogP contribution is -2.41. The van der Waals surface area contributed by atoms with Crippen molar-refractivity contribution >= 4 is 17.7 Å². The van der Waals surface area contributed by atoms with E-state index >= 15 is 0 Å². The number of halogens is 3. The molecule has 8 heteroatoms. The van der Waals surface area contributed by atoms with Gasteiger partial charge >= 0.3 is 6.36 Å². The second-order valence-corrected chi connectivity index (χ2v) is 6.37. The minimum atomic E-state index is -4.68. The maximum absolute atomic E-state index is 12.0. The Morgan fingerprint density at radius 3 is 2.70 bits per heavy atom. The molecule has 0 spiro atoms. The lowest BCUT2D eigenvalue weighted by molar-refractivity contribution is -0.274. The Kier molecular flexibility index (Phi) is 6.59. The Hall–Kier alpha value is -1.41. The van der Waals surface area contributed by atoms with Crippen molar-refractivity contribution in [2.45, 2.75) is 25.2 Å². The Morgan fingerprint density at radius 2 is 2.09 bits per heavy atom. The zero-order chi connectivity index (χ0) is 16.7. The smallest absolute Gasteiger partial charge is 0.406 e. The van der Waals surface area contributed by atoms with Crippen molar-refractivity contribution in [2.75, 3.05) is 24.6 Å². The maximum Gasteiger partial charge on any atom is 0.573 e. The number of alkyl halides is 3. The molecule has 4 nitrogen and oxygen atoms in total. The summed E-state index contributed by atoms with van der Waals surface area (Å²) in [6.45, 7) is 1.38. The van der Waals surface area contributed by atoms with Gasteiger partial charge in [0.05, 0.1) is 0 Å². The highest BCUT2D eigenvalue weighted by atomic mass is 32.2. The molecule has 1 aromatic carbocycles. The molecule has 1 aromatic rings. The lowest BCUT2D eigenvalue weighted by Gasteiger charge is -2.22.